The standard InChI is InChI=1S/C24H37N3O4/c1-22(2,3)20-25-15-18(31-20)16-13-24(14-16)7-9-27(10-8-24)19(28)17-11-23(4,12-17)26(5)21(29)30-6/h15-17H,7-14H2,1-6H3/t17-,23+. The lowest BCUT2D eigenvalue weighted by Crippen LogP contribution is -2.60. The van der Waals surface area contributed by atoms with Gasteiger partial charge in [0.1, 0.15) is 5.76 Å². The monoisotopic (exact) mass is 431 g/mol. The fourth-order valence-corrected chi connectivity index (χ4v) is 5.68. The molecule has 3 aliphatic rings. The quantitative estimate of drug-likeness (QED) is 0.712. The van der Waals surface area contributed by atoms with Crippen molar-refractivity contribution in [1.29, 1.82) is 0 Å². The van der Waals surface area contributed by atoms with Gasteiger partial charge in [-0.25, -0.2) is 9.78 Å². The Morgan fingerprint density at radius 2 is 1.81 bits per heavy atom. The van der Waals surface area contributed by atoms with E-state index in [0.717, 1.165) is 50.4 Å². The molecule has 0 aromatic carbocycles. The third-order valence-electron chi connectivity index (χ3n) is 8.04. The Bertz CT molecular complexity index is 833. The molecule has 2 saturated carbocycles. The van der Waals surface area contributed by atoms with Crippen molar-refractivity contribution < 1.29 is 18.7 Å². The fourth-order valence-electron chi connectivity index (χ4n) is 5.68. The molecule has 31 heavy (non-hydrogen) atoms. The summed E-state index contributed by atoms with van der Waals surface area (Å²) >= 11 is 0. The Hall–Kier alpha value is -2.05. The Morgan fingerprint density at radius 1 is 1.19 bits per heavy atom. The van der Waals surface area contributed by atoms with Gasteiger partial charge in [-0.2, -0.15) is 0 Å². The van der Waals surface area contributed by atoms with Crippen LogP contribution >= 0.6 is 0 Å². The second-order valence-corrected chi connectivity index (χ2v) is 11.4. The average Bonchev–Trinajstić information content (AvgIpc) is 3.18. The van der Waals surface area contributed by atoms with Crippen molar-refractivity contribution in [2.45, 2.75) is 83.1 Å². The van der Waals surface area contributed by atoms with Gasteiger partial charge < -0.3 is 19.0 Å². The van der Waals surface area contributed by atoms with E-state index in [1.54, 1.807) is 11.9 Å². The predicted molar refractivity (Wildman–Crippen MR) is 117 cm³/mol. The highest BCUT2D eigenvalue weighted by atomic mass is 16.5. The van der Waals surface area contributed by atoms with Gasteiger partial charge in [0.2, 0.25) is 5.91 Å². The number of oxazole rings is 1. The highest BCUT2D eigenvalue weighted by molar-refractivity contribution is 5.81. The van der Waals surface area contributed by atoms with Crippen LogP contribution in [0.3, 0.4) is 0 Å². The summed E-state index contributed by atoms with van der Waals surface area (Å²) in [7, 11) is 3.15. The summed E-state index contributed by atoms with van der Waals surface area (Å²) in [5, 5.41) is 0. The maximum absolute atomic E-state index is 13.0. The van der Waals surface area contributed by atoms with Crippen LogP contribution in [0.4, 0.5) is 4.79 Å². The molecule has 2 heterocycles. The number of nitrogens with zero attached hydrogens (tertiary/aromatic N) is 3. The smallest absolute Gasteiger partial charge is 0.409 e. The van der Waals surface area contributed by atoms with Crippen molar-refractivity contribution in [2.75, 3.05) is 27.2 Å². The number of hydrogen-bond acceptors (Lipinski definition) is 5. The number of methoxy groups -OCH3 is 1. The van der Waals surface area contributed by atoms with Gasteiger partial charge in [0.25, 0.3) is 0 Å². The summed E-state index contributed by atoms with van der Waals surface area (Å²) in [6.07, 6.45) is 7.41. The molecule has 0 radical (unpaired) electrons. The molecule has 1 aliphatic heterocycles. The Balaban J connectivity index is 1.25. The van der Waals surface area contributed by atoms with Crippen LogP contribution < -0.4 is 0 Å². The molecule has 0 atom stereocenters. The molecule has 0 N–H and O–H groups in total. The van der Waals surface area contributed by atoms with Crippen molar-refractivity contribution in [2.24, 2.45) is 11.3 Å². The van der Waals surface area contributed by atoms with Gasteiger partial charge in [-0.1, -0.05) is 20.8 Å². The van der Waals surface area contributed by atoms with Gasteiger partial charge in [0.05, 0.1) is 13.3 Å². The molecule has 0 unspecified atom stereocenters. The first-order chi connectivity index (χ1) is 14.5. The molecule has 172 valence electrons. The molecule has 4 rings (SSSR count). The van der Waals surface area contributed by atoms with E-state index >= 15 is 0 Å². The number of carbonyl (C=O) groups is 2. The molecule has 1 saturated heterocycles. The number of piperidine rings is 1. The largest absolute Gasteiger partial charge is 0.453 e. The predicted octanol–water partition coefficient (Wildman–Crippen LogP) is 4.33. The third-order valence-corrected chi connectivity index (χ3v) is 8.04. The lowest BCUT2D eigenvalue weighted by atomic mass is 9.57. The zero-order valence-electron chi connectivity index (χ0n) is 19.9. The Labute approximate surface area is 185 Å². The Kier molecular flexibility index (Phi) is 5.38. The lowest BCUT2D eigenvalue weighted by molar-refractivity contribution is -0.147. The number of carbonyl (C=O) groups excluding carboxylic acids is 2. The summed E-state index contributed by atoms with van der Waals surface area (Å²) in [6, 6.07) is 0. The van der Waals surface area contributed by atoms with E-state index in [4.69, 9.17) is 9.15 Å². The van der Waals surface area contributed by atoms with Crippen LogP contribution in [0, 0.1) is 11.3 Å². The number of aromatic nitrogens is 1. The maximum atomic E-state index is 13.0. The van der Waals surface area contributed by atoms with E-state index in [1.807, 2.05) is 18.0 Å². The van der Waals surface area contributed by atoms with Crippen LogP contribution in [-0.2, 0) is 14.9 Å². The molecular weight excluding hydrogens is 394 g/mol. The first kappa shape index (κ1) is 22.2. The van der Waals surface area contributed by atoms with Gasteiger partial charge in [0.15, 0.2) is 5.89 Å². The second-order valence-electron chi connectivity index (χ2n) is 11.4. The normalized spacial score (nSPS) is 28.1. The second kappa shape index (κ2) is 7.52. The van der Waals surface area contributed by atoms with Crippen molar-refractivity contribution in [3.63, 3.8) is 0 Å². The molecule has 2 amide bonds. The van der Waals surface area contributed by atoms with E-state index in [0.29, 0.717) is 24.2 Å². The average molecular weight is 432 g/mol. The highest BCUT2D eigenvalue weighted by Gasteiger charge is 2.52. The zero-order valence-corrected chi connectivity index (χ0v) is 19.9. The summed E-state index contributed by atoms with van der Waals surface area (Å²) in [6.45, 7) is 10.1. The minimum absolute atomic E-state index is 0.0188. The van der Waals surface area contributed by atoms with Gasteiger partial charge in [-0.15, -0.1) is 0 Å². The van der Waals surface area contributed by atoms with Crippen LogP contribution in [0.1, 0.15) is 83.8 Å². The van der Waals surface area contributed by atoms with Gasteiger partial charge in [-0.05, 0) is 50.9 Å². The first-order valence-electron chi connectivity index (χ1n) is 11.5. The van der Waals surface area contributed by atoms with Crippen LogP contribution in [0.25, 0.3) is 0 Å². The minimum Gasteiger partial charge on any atom is -0.453 e. The van der Waals surface area contributed by atoms with Gasteiger partial charge >= 0.3 is 6.09 Å². The van der Waals surface area contributed by atoms with E-state index in [9.17, 15) is 9.59 Å². The van der Waals surface area contributed by atoms with E-state index < -0.39 is 0 Å². The van der Waals surface area contributed by atoms with Gasteiger partial charge in [-0.3, -0.25) is 4.79 Å². The van der Waals surface area contributed by atoms with E-state index in [2.05, 4.69) is 25.8 Å². The molecule has 1 aromatic heterocycles. The molecular formula is C24H37N3O4. The fraction of sp³-hybridized carbons (Fsp3) is 0.792. The van der Waals surface area contributed by atoms with Crippen molar-refractivity contribution >= 4 is 12.0 Å². The minimum atomic E-state index is -0.339. The lowest BCUT2D eigenvalue weighted by Gasteiger charge is -2.54. The van der Waals surface area contributed by atoms with Gasteiger partial charge in [0, 0.05) is 42.9 Å². The summed E-state index contributed by atoms with van der Waals surface area (Å²) < 4.78 is 10.9. The molecule has 7 nitrogen and oxygen atoms in total. The SMILES string of the molecule is COC(=O)N(C)[C@]1(C)C[C@H](C(=O)N2CCC3(CC2)CC(c2cnc(C(C)(C)C)o2)C3)C1. The Morgan fingerprint density at radius 3 is 2.32 bits per heavy atom. The number of amides is 2. The van der Waals surface area contributed by atoms with Crippen LogP contribution in [0.2, 0.25) is 0 Å². The summed E-state index contributed by atoms with van der Waals surface area (Å²) in [5.74, 6) is 2.58. The first-order valence-corrected chi connectivity index (χ1v) is 11.5. The van der Waals surface area contributed by atoms with Crippen molar-refractivity contribution in [1.82, 2.24) is 14.8 Å². The topological polar surface area (TPSA) is 75.9 Å². The maximum Gasteiger partial charge on any atom is 0.409 e. The zero-order chi connectivity index (χ0) is 22.6. The van der Waals surface area contributed by atoms with Crippen LogP contribution in [-0.4, -0.2) is 59.6 Å². The third kappa shape index (κ3) is 3.96. The van der Waals surface area contributed by atoms with Crippen LogP contribution in [0.5, 0.6) is 0 Å². The molecule has 3 fully saturated rings. The number of ether oxygens (including phenoxy) is 1. The highest BCUT2D eigenvalue weighted by Crippen LogP contribution is 2.57. The molecule has 0 bridgehead atoms. The molecule has 1 aromatic rings. The molecule has 1 spiro atoms. The summed E-state index contributed by atoms with van der Waals surface area (Å²) in [4.78, 5) is 33.0. The summed E-state index contributed by atoms with van der Waals surface area (Å²) in [5.41, 5.74) is 0.0125. The van der Waals surface area contributed by atoms with E-state index in [1.165, 1.54) is 7.11 Å². The number of hydrogen-bond donors (Lipinski definition) is 0. The molecule has 2 aliphatic carbocycles. The van der Waals surface area contributed by atoms with Crippen molar-refractivity contribution in [3.8, 4) is 0 Å². The molecule has 7 heteroatoms. The van der Waals surface area contributed by atoms with Crippen LogP contribution in [0.15, 0.2) is 10.6 Å². The number of likely N-dealkylation sites (tertiary alicyclic amines) is 1. The number of rotatable bonds is 3. The van der Waals surface area contributed by atoms with Crippen molar-refractivity contribution in [3.05, 3.63) is 17.8 Å². The van der Waals surface area contributed by atoms with E-state index in [-0.39, 0.29) is 28.9 Å².